The number of terminal acetylenes is 1. The lowest BCUT2D eigenvalue weighted by atomic mass is 10.1. The van der Waals surface area contributed by atoms with Crippen LogP contribution in [0.3, 0.4) is 0 Å². The third-order valence-electron chi connectivity index (χ3n) is 3.14. The van der Waals surface area contributed by atoms with Gasteiger partial charge in [-0.3, -0.25) is 4.79 Å². The molecule has 1 heterocycles. The van der Waals surface area contributed by atoms with E-state index in [-0.39, 0.29) is 11.9 Å². The molecule has 1 N–H and O–H groups in total. The molecular weight excluding hydrogens is 226 g/mol. The van der Waals surface area contributed by atoms with Crippen molar-refractivity contribution in [1.29, 1.82) is 0 Å². The van der Waals surface area contributed by atoms with Crippen LogP contribution in [0.1, 0.15) is 35.7 Å². The predicted molar refractivity (Wildman–Crippen MR) is 70.6 cm³/mol. The van der Waals surface area contributed by atoms with Gasteiger partial charge in [0.2, 0.25) is 0 Å². The maximum atomic E-state index is 12.1. The molecular formula is C15H17NO2. The van der Waals surface area contributed by atoms with E-state index in [9.17, 15) is 4.79 Å². The number of hydrogen-bond acceptors (Lipinski definition) is 2. The number of fused-ring (bicyclic) bond motifs is 1. The Hall–Kier alpha value is -1.95. The highest BCUT2D eigenvalue weighted by Crippen LogP contribution is 2.25. The molecule has 0 spiro atoms. The summed E-state index contributed by atoms with van der Waals surface area (Å²) in [5.74, 6) is 3.41. The summed E-state index contributed by atoms with van der Waals surface area (Å²) in [6, 6.07) is 5.61. The van der Waals surface area contributed by atoms with Crippen LogP contribution in [0, 0.1) is 12.3 Å². The Kier molecular flexibility index (Phi) is 3.88. The van der Waals surface area contributed by atoms with Gasteiger partial charge in [-0.25, -0.2) is 0 Å². The van der Waals surface area contributed by atoms with Crippen molar-refractivity contribution < 1.29 is 9.53 Å². The Balaban J connectivity index is 2.07. The number of benzene rings is 1. The third kappa shape index (κ3) is 2.65. The molecule has 1 aromatic carbocycles. The molecule has 1 atom stereocenters. The van der Waals surface area contributed by atoms with E-state index in [1.807, 2.05) is 19.1 Å². The molecule has 1 unspecified atom stereocenters. The van der Waals surface area contributed by atoms with Gasteiger partial charge in [-0.2, -0.15) is 0 Å². The zero-order valence-corrected chi connectivity index (χ0v) is 10.5. The van der Waals surface area contributed by atoms with E-state index in [1.165, 1.54) is 0 Å². The molecule has 1 aliphatic heterocycles. The lowest BCUT2D eigenvalue weighted by Crippen LogP contribution is -2.34. The Labute approximate surface area is 108 Å². The van der Waals surface area contributed by atoms with Gasteiger partial charge in [0, 0.05) is 24.4 Å². The van der Waals surface area contributed by atoms with E-state index in [2.05, 4.69) is 11.2 Å². The summed E-state index contributed by atoms with van der Waals surface area (Å²) in [7, 11) is 0. The molecule has 0 saturated heterocycles. The van der Waals surface area contributed by atoms with E-state index >= 15 is 0 Å². The molecule has 1 aromatic rings. The number of ether oxygens (including phenoxy) is 1. The van der Waals surface area contributed by atoms with Crippen LogP contribution < -0.4 is 10.1 Å². The fourth-order valence-electron chi connectivity index (χ4n) is 2.04. The molecule has 0 saturated carbocycles. The Bertz CT molecular complexity index is 488. The molecule has 0 fully saturated rings. The first kappa shape index (κ1) is 12.5. The van der Waals surface area contributed by atoms with E-state index in [1.54, 1.807) is 6.07 Å². The van der Waals surface area contributed by atoms with Gasteiger partial charge in [-0.05, 0) is 30.2 Å². The lowest BCUT2D eigenvalue weighted by Gasteiger charge is -2.14. The van der Waals surface area contributed by atoms with Gasteiger partial charge in [0.05, 0.1) is 6.61 Å². The van der Waals surface area contributed by atoms with Crippen molar-refractivity contribution in [2.24, 2.45) is 0 Å². The number of rotatable bonds is 4. The highest BCUT2D eigenvalue weighted by molar-refractivity contribution is 5.94. The van der Waals surface area contributed by atoms with Crippen LogP contribution in [0.5, 0.6) is 5.75 Å². The summed E-state index contributed by atoms with van der Waals surface area (Å²) in [6.45, 7) is 2.72. The first-order chi connectivity index (χ1) is 8.74. The number of carbonyl (C=O) groups excluding carboxylic acids is 1. The maximum absolute atomic E-state index is 12.1. The summed E-state index contributed by atoms with van der Waals surface area (Å²) in [5, 5.41) is 2.95. The topological polar surface area (TPSA) is 38.3 Å². The second-order valence-electron chi connectivity index (χ2n) is 4.41. The SMILES string of the molecule is C#CCC(CC)NC(=O)c1ccc2c(c1)CCO2. The van der Waals surface area contributed by atoms with Crippen molar-refractivity contribution >= 4 is 5.91 Å². The molecule has 3 nitrogen and oxygen atoms in total. The van der Waals surface area contributed by atoms with Crippen LogP contribution >= 0.6 is 0 Å². The molecule has 0 aromatic heterocycles. The molecule has 0 bridgehead atoms. The standard InChI is InChI=1S/C15H17NO2/c1-3-5-13(4-2)16-15(17)12-6-7-14-11(10-12)8-9-18-14/h1,6-7,10,13H,4-5,8-9H2,2H3,(H,16,17). The first-order valence-electron chi connectivity index (χ1n) is 6.24. The van der Waals surface area contributed by atoms with Crippen molar-refractivity contribution in [2.45, 2.75) is 32.2 Å². The smallest absolute Gasteiger partial charge is 0.251 e. The van der Waals surface area contributed by atoms with Gasteiger partial charge >= 0.3 is 0 Å². The molecule has 18 heavy (non-hydrogen) atoms. The second kappa shape index (κ2) is 5.59. The lowest BCUT2D eigenvalue weighted by molar-refractivity contribution is 0.0936. The van der Waals surface area contributed by atoms with Crippen LogP contribution in [-0.2, 0) is 6.42 Å². The number of nitrogens with one attached hydrogen (secondary N) is 1. The van der Waals surface area contributed by atoms with Gasteiger partial charge in [-0.15, -0.1) is 12.3 Å². The molecule has 94 valence electrons. The Morgan fingerprint density at radius 2 is 2.44 bits per heavy atom. The summed E-state index contributed by atoms with van der Waals surface area (Å²) in [6.07, 6.45) is 7.55. The van der Waals surface area contributed by atoms with Gasteiger partial charge in [0.15, 0.2) is 0 Å². The zero-order chi connectivity index (χ0) is 13.0. The number of amides is 1. The molecule has 0 aliphatic carbocycles. The minimum atomic E-state index is -0.0631. The van der Waals surface area contributed by atoms with Gasteiger partial charge in [0.1, 0.15) is 5.75 Å². The van der Waals surface area contributed by atoms with Crippen LogP contribution in [0.4, 0.5) is 0 Å². The van der Waals surface area contributed by atoms with Gasteiger partial charge < -0.3 is 10.1 Å². The first-order valence-corrected chi connectivity index (χ1v) is 6.24. The minimum absolute atomic E-state index is 0.0482. The van der Waals surface area contributed by atoms with E-state index in [0.717, 1.165) is 24.2 Å². The number of carbonyl (C=O) groups is 1. The highest BCUT2D eigenvalue weighted by atomic mass is 16.5. The van der Waals surface area contributed by atoms with Crippen LogP contribution in [0.15, 0.2) is 18.2 Å². The maximum Gasteiger partial charge on any atom is 0.251 e. The van der Waals surface area contributed by atoms with Crippen LogP contribution in [-0.4, -0.2) is 18.6 Å². The largest absolute Gasteiger partial charge is 0.493 e. The van der Waals surface area contributed by atoms with Crippen molar-refractivity contribution in [2.75, 3.05) is 6.61 Å². The fraction of sp³-hybridized carbons (Fsp3) is 0.400. The van der Waals surface area contributed by atoms with Crippen molar-refractivity contribution in [3.05, 3.63) is 29.3 Å². The van der Waals surface area contributed by atoms with E-state index in [0.29, 0.717) is 18.6 Å². The normalized spacial score (nSPS) is 14.2. The van der Waals surface area contributed by atoms with Gasteiger partial charge in [0.25, 0.3) is 5.91 Å². The van der Waals surface area contributed by atoms with E-state index in [4.69, 9.17) is 11.2 Å². The summed E-state index contributed by atoms with van der Waals surface area (Å²) in [5.41, 5.74) is 1.78. The monoisotopic (exact) mass is 243 g/mol. The predicted octanol–water partition coefficient (Wildman–Crippen LogP) is 2.15. The highest BCUT2D eigenvalue weighted by Gasteiger charge is 2.16. The zero-order valence-electron chi connectivity index (χ0n) is 10.5. The molecule has 2 rings (SSSR count). The molecule has 1 aliphatic rings. The third-order valence-corrected chi connectivity index (χ3v) is 3.14. The van der Waals surface area contributed by atoms with Crippen LogP contribution in [0.2, 0.25) is 0 Å². The Morgan fingerprint density at radius 1 is 1.61 bits per heavy atom. The molecule has 3 heteroatoms. The van der Waals surface area contributed by atoms with Crippen molar-refractivity contribution in [3.8, 4) is 18.1 Å². The second-order valence-corrected chi connectivity index (χ2v) is 4.41. The fourth-order valence-corrected chi connectivity index (χ4v) is 2.04. The summed E-state index contributed by atoms with van der Waals surface area (Å²) in [4.78, 5) is 12.1. The average molecular weight is 243 g/mol. The molecule has 0 radical (unpaired) electrons. The van der Waals surface area contributed by atoms with Crippen LogP contribution in [0.25, 0.3) is 0 Å². The summed E-state index contributed by atoms with van der Waals surface area (Å²) < 4.78 is 5.42. The minimum Gasteiger partial charge on any atom is -0.493 e. The quantitative estimate of drug-likeness (QED) is 0.823. The number of hydrogen-bond donors (Lipinski definition) is 1. The van der Waals surface area contributed by atoms with Crippen molar-refractivity contribution in [3.63, 3.8) is 0 Å². The van der Waals surface area contributed by atoms with Gasteiger partial charge in [-0.1, -0.05) is 6.92 Å². The van der Waals surface area contributed by atoms with Crippen molar-refractivity contribution in [1.82, 2.24) is 5.32 Å². The summed E-state index contributed by atoms with van der Waals surface area (Å²) >= 11 is 0. The Morgan fingerprint density at radius 3 is 3.17 bits per heavy atom. The van der Waals surface area contributed by atoms with E-state index < -0.39 is 0 Å². The average Bonchev–Trinajstić information content (AvgIpc) is 2.85. The molecule has 1 amide bonds.